The van der Waals surface area contributed by atoms with Gasteiger partial charge in [-0.2, -0.15) is 0 Å². The fourth-order valence-electron chi connectivity index (χ4n) is 2.39. The zero-order valence-electron chi connectivity index (χ0n) is 15.1. The molecule has 3 rings (SSSR count). The van der Waals surface area contributed by atoms with Crippen molar-refractivity contribution in [3.05, 3.63) is 63.3 Å². The number of thiazole rings is 1. The molecule has 7 heteroatoms. The zero-order chi connectivity index (χ0) is 19.2. The van der Waals surface area contributed by atoms with E-state index in [4.69, 9.17) is 0 Å². The molecule has 0 unspecified atom stereocenters. The number of Topliss-reactive ketones (excluding diaryl/α,β-unsaturated/α-hetero) is 1. The summed E-state index contributed by atoms with van der Waals surface area (Å²) in [4.78, 5) is 29.5. The first-order chi connectivity index (χ1) is 13.0. The van der Waals surface area contributed by atoms with Crippen molar-refractivity contribution < 1.29 is 9.59 Å². The molecule has 2 heterocycles. The normalized spacial score (nSPS) is 10.9. The molecule has 0 saturated heterocycles. The van der Waals surface area contributed by atoms with E-state index in [0.29, 0.717) is 11.7 Å². The predicted molar refractivity (Wildman–Crippen MR) is 114 cm³/mol. The van der Waals surface area contributed by atoms with Crippen LogP contribution in [0.15, 0.2) is 51.5 Å². The molecule has 4 nitrogen and oxygen atoms in total. The monoisotopic (exact) mass is 416 g/mol. The van der Waals surface area contributed by atoms with E-state index in [1.807, 2.05) is 47.2 Å². The molecule has 0 atom stereocenters. The second kappa shape index (κ2) is 9.30. The number of anilines is 1. The van der Waals surface area contributed by atoms with Crippen LogP contribution in [0.25, 0.3) is 0 Å². The van der Waals surface area contributed by atoms with Gasteiger partial charge >= 0.3 is 0 Å². The van der Waals surface area contributed by atoms with E-state index < -0.39 is 0 Å². The Hall–Kier alpha value is -1.96. The third kappa shape index (κ3) is 5.76. The number of rotatable bonds is 8. The average molecular weight is 417 g/mol. The Morgan fingerprint density at radius 2 is 1.93 bits per heavy atom. The zero-order valence-corrected chi connectivity index (χ0v) is 17.5. The van der Waals surface area contributed by atoms with E-state index in [2.05, 4.69) is 24.1 Å². The van der Waals surface area contributed by atoms with Gasteiger partial charge in [0.25, 0.3) is 0 Å². The van der Waals surface area contributed by atoms with E-state index in [9.17, 15) is 9.59 Å². The largest absolute Gasteiger partial charge is 0.326 e. The lowest BCUT2D eigenvalue weighted by Gasteiger charge is -2.08. The van der Waals surface area contributed by atoms with Gasteiger partial charge in [-0.1, -0.05) is 43.8 Å². The van der Waals surface area contributed by atoms with Crippen LogP contribution in [0.3, 0.4) is 0 Å². The summed E-state index contributed by atoms with van der Waals surface area (Å²) in [6, 6.07) is 11.6. The smallest absolute Gasteiger partial charge is 0.230 e. The van der Waals surface area contributed by atoms with Gasteiger partial charge in [-0.15, -0.1) is 22.7 Å². The Kier molecular flexibility index (Phi) is 6.82. The summed E-state index contributed by atoms with van der Waals surface area (Å²) in [5.74, 6) is 0.840. The number of hydrogen-bond donors (Lipinski definition) is 1. The molecule has 1 aromatic carbocycles. The maximum atomic E-state index is 12.2. The van der Waals surface area contributed by atoms with Crippen molar-refractivity contribution in [3.8, 4) is 0 Å². The number of carbonyl (C=O) groups excluding carboxylic acids is 2. The summed E-state index contributed by atoms with van der Waals surface area (Å²) < 4.78 is 0.809. The minimum Gasteiger partial charge on any atom is -0.326 e. The van der Waals surface area contributed by atoms with Crippen molar-refractivity contribution in [2.24, 2.45) is 0 Å². The van der Waals surface area contributed by atoms with Gasteiger partial charge in [0.2, 0.25) is 5.91 Å². The van der Waals surface area contributed by atoms with Gasteiger partial charge in [-0.05, 0) is 35.1 Å². The van der Waals surface area contributed by atoms with Crippen LogP contribution in [-0.4, -0.2) is 22.4 Å². The van der Waals surface area contributed by atoms with Crippen molar-refractivity contribution in [1.82, 2.24) is 4.98 Å². The lowest BCUT2D eigenvalue weighted by molar-refractivity contribution is -0.115. The highest BCUT2D eigenvalue weighted by Crippen LogP contribution is 2.25. The summed E-state index contributed by atoms with van der Waals surface area (Å²) in [5, 5.41) is 6.67. The van der Waals surface area contributed by atoms with Crippen LogP contribution in [0.5, 0.6) is 0 Å². The van der Waals surface area contributed by atoms with Crippen LogP contribution in [0.2, 0.25) is 0 Å². The number of hydrogen-bond acceptors (Lipinski definition) is 6. The molecule has 0 fully saturated rings. The van der Waals surface area contributed by atoms with Gasteiger partial charge in [0, 0.05) is 11.1 Å². The fraction of sp³-hybridized carbons (Fsp3) is 0.250. The molecular weight excluding hydrogens is 396 g/mol. The van der Waals surface area contributed by atoms with Gasteiger partial charge < -0.3 is 5.32 Å². The molecule has 140 valence electrons. The topological polar surface area (TPSA) is 59.1 Å². The fourth-order valence-corrected chi connectivity index (χ4v) is 4.88. The molecule has 0 spiro atoms. The maximum absolute atomic E-state index is 12.2. The minimum absolute atomic E-state index is 0.0937. The first-order valence-electron chi connectivity index (χ1n) is 8.55. The summed E-state index contributed by atoms with van der Waals surface area (Å²) in [6.45, 7) is 4.28. The first-order valence-corrected chi connectivity index (χ1v) is 11.3. The Morgan fingerprint density at radius 1 is 1.15 bits per heavy atom. The Labute approximate surface area is 171 Å². The summed E-state index contributed by atoms with van der Waals surface area (Å²) in [5.41, 5.74) is 2.75. The van der Waals surface area contributed by atoms with Gasteiger partial charge in [0.05, 0.1) is 22.7 Å². The number of thiophene rings is 1. The van der Waals surface area contributed by atoms with Crippen LogP contribution in [0.1, 0.15) is 40.7 Å². The van der Waals surface area contributed by atoms with Gasteiger partial charge in [-0.25, -0.2) is 4.98 Å². The van der Waals surface area contributed by atoms with Crippen molar-refractivity contribution in [3.63, 3.8) is 0 Å². The number of amides is 1. The molecule has 0 bridgehead atoms. The number of ketones is 1. The van der Waals surface area contributed by atoms with E-state index in [1.165, 1.54) is 40.0 Å². The number of aromatic nitrogens is 1. The molecule has 0 radical (unpaired) electrons. The van der Waals surface area contributed by atoms with Crippen molar-refractivity contribution in [2.45, 2.75) is 30.5 Å². The second-order valence-electron chi connectivity index (χ2n) is 6.30. The molecule has 0 aliphatic carbocycles. The molecular formula is C20H20N2O2S3. The summed E-state index contributed by atoms with van der Waals surface area (Å²) in [7, 11) is 0. The first kappa shape index (κ1) is 19.8. The Balaban J connectivity index is 1.49. The molecule has 0 aliphatic heterocycles. The lowest BCUT2D eigenvalue weighted by Crippen LogP contribution is -2.14. The van der Waals surface area contributed by atoms with Crippen LogP contribution in [-0.2, 0) is 11.2 Å². The molecule has 0 aliphatic rings. The van der Waals surface area contributed by atoms with E-state index in [0.717, 1.165) is 20.6 Å². The van der Waals surface area contributed by atoms with Crippen LogP contribution >= 0.6 is 34.4 Å². The third-order valence-electron chi connectivity index (χ3n) is 3.86. The van der Waals surface area contributed by atoms with Crippen molar-refractivity contribution >= 4 is 51.8 Å². The average Bonchev–Trinajstić information content (AvgIpc) is 3.32. The standard InChI is InChI=1S/C20H20N2O2S3/c1-13(2)14-5-7-15(8-6-14)21-19(24)10-16-11-26-20(22-16)27-12-17(23)18-4-3-9-25-18/h3-9,11,13H,10,12H2,1-2H3,(H,21,24). The number of benzene rings is 1. The maximum Gasteiger partial charge on any atom is 0.230 e. The van der Waals surface area contributed by atoms with Crippen LogP contribution in [0.4, 0.5) is 5.69 Å². The Bertz CT molecular complexity index is 900. The third-order valence-corrected chi connectivity index (χ3v) is 6.84. The number of thioether (sulfide) groups is 1. The minimum atomic E-state index is -0.0937. The Morgan fingerprint density at radius 3 is 2.59 bits per heavy atom. The summed E-state index contributed by atoms with van der Waals surface area (Å²) in [6.07, 6.45) is 0.224. The quantitative estimate of drug-likeness (QED) is 0.390. The summed E-state index contributed by atoms with van der Waals surface area (Å²) >= 11 is 4.33. The van der Waals surface area contributed by atoms with E-state index in [1.54, 1.807) is 0 Å². The van der Waals surface area contributed by atoms with E-state index in [-0.39, 0.29) is 18.1 Å². The number of nitrogens with zero attached hydrogens (tertiary/aromatic N) is 1. The molecule has 1 amide bonds. The van der Waals surface area contributed by atoms with Crippen molar-refractivity contribution in [1.29, 1.82) is 0 Å². The van der Waals surface area contributed by atoms with Crippen LogP contribution < -0.4 is 5.32 Å². The second-order valence-corrected chi connectivity index (χ2v) is 9.32. The van der Waals surface area contributed by atoms with E-state index >= 15 is 0 Å². The highest BCUT2D eigenvalue weighted by molar-refractivity contribution is 8.01. The molecule has 0 saturated carbocycles. The van der Waals surface area contributed by atoms with Gasteiger partial charge in [0.1, 0.15) is 0 Å². The van der Waals surface area contributed by atoms with Gasteiger partial charge in [0.15, 0.2) is 10.1 Å². The highest BCUT2D eigenvalue weighted by Gasteiger charge is 2.12. The van der Waals surface area contributed by atoms with Gasteiger partial charge in [-0.3, -0.25) is 9.59 Å². The molecule has 2 aromatic heterocycles. The predicted octanol–water partition coefficient (Wildman–Crippen LogP) is 5.48. The lowest BCUT2D eigenvalue weighted by atomic mass is 10.0. The van der Waals surface area contributed by atoms with Crippen LogP contribution in [0, 0.1) is 0 Å². The number of nitrogens with one attached hydrogen (secondary N) is 1. The molecule has 1 N–H and O–H groups in total. The number of carbonyl (C=O) groups is 2. The molecule has 27 heavy (non-hydrogen) atoms. The molecule has 3 aromatic rings. The van der Waals surface area contributed by atoms with Crippen molar-refractivity contribution in [2.75, 3.05) is 11.1 Å². The SMILES string of the molecule is CC(C)c1ccc(NC(=O)Cc2csc(SCC(=O)c3cccs3)n2)cc1. The highest BCUT2D eigenvalue weighted by atomic mass is 32.2.